The van der Waals surface area contributed by atoms with E-state index in [1.54, 1.807) is 31.4 Å². The Kier molecular flexibility index (Phi) is 4.62. The number of benzene rings is 2. The Labute approximate surface area is 146 Å². The molecule has 25 heavy (non-hydrogen) atoms. The second kappa shape index (κ2) is 6.57. The lowest BCUT2D eigenvalue weighted by atomic mass is 10.1. The highest BCUT2D eigenvalue weighted by molar-refractivity contribution is 7.90. The van der Waals surface area contributed by atoms with Crippen LogP contribution in [0.1, 0.15) is 5.56 Å². The Morgan fingerprint density at radius 1 is 1.20 bits per heavy atom. The van der Waals surface area contributed by atoms with Gasteiger partial charge in [0, 0.05) is 19.9 Å². The van der Waals surface area contributed by atoms with Crippen LogP contribution in [0.4, 0.5) is 4.39 Å². The molecule has 2 aromatic carbocycles. The summed E-state index contributed by atoms with van der Waals surface area (Å²) in [6.07, 6.45) is 1.15. The molecular formula is C18H19FN2O3S. The van der Waals surface area contributed by atoms with Crippen LogP contribution in [0.5, 0.6) is 0 Å². The molecule has 3 aromatic rings. The highest BCUT2D eigenvalue weighted by Gasteiger charge is 2.18. The van der Waals surface area contributed by atoms with Crippen LogP contribution in [0.2, 0.25) is 0 Å². The summed E-state index contributed by atoms with van der Waals surface area (Å²) >= 11 is 0. The van der Waals surface area contributed by atoms with Crippen LogP contribution in [0.25, 0.3) is 22.4 Å². The molecule has 0 spiro atoms. The van der Waals surface area contributed by atoms with Gasteiger partial charge >= 0.3 is 0 Å². The van der Waals surface area contributed by atoms with Gasteiger partial charge in [-0.3, -0.25) is 0 Å². The Hall–Kier alpha value is -2.25. The topological polar surface area (TPSA) is 61.2 Å². The Morgan fingerprint density at radius 2 is 1.96 bits per heavy atom. The quantitative estimate of drug-likeness (QED) is 0.699. The number of aryl methyl sites for hydroxylation is 1. The molecule has 0 saturated heterocycles. The standard InChI is InChI=1S/C18H19FN2O3S/c1-12-4-6-15(19)14(10-12)18-20-16-11-13(25(3,22)23)5-7-17(16)21(18)8-9-24-2/h4-7,10-11H,8-9H2,1-3H3. The van der Waals surface area contributed by atoms with Crippen LogP contribution in [-0.4, -0.2) is 37.9 Å². The van der Waals surface area contributed by atoms with Gasteiger partial charge in [0.05, 0.1) is 28.1 Å². The molecule has 0 aliphatic rings. The summed E-state index contributed by atoms with van der Waals surface area (Å²) in [6.45, 7) is 2.79. The van der Waals surface area contributed by atoms with Crippen molar-refractivity contribution in [2.24, 2.45) is 0 Å². The molecule has 0 fully saturated rings. The van der Waals surface area contributed by atoms with Crippen molar-refractivity contribution < 1.29 is 17.5 Å². The summed E-state index contributed by atoms with van der Waals surface area (Å²) in [7, 11) is -1.75. The average Bonchev–Trinajstić information content (AvgIpc) is 2.92. The highest BCUT2D eigenvalue weighted by atomic mass is 32.2. The van der Waals surface area contributed by atoms with Crippen LogP contribution in [0.3, 0.4) is 0 Å². The number of methoxy groups -OCH3 is 1. The Bertz CT molecular complexity index is 1040. The van der Waals surface area contributed by atoms with E-state index in [1.165, 1.54) is 12.1 Å². The maximum absolute atomic E-state index is 14.4. The van der Waals surface area contributed by atoms with Crippen LogP contribution < -0.4 is 0 Å². The molecule has 7 heteroatoms. The number of imidazole rings is 1. The molecule has 5 nitrogen and oxygen atoms in total. The van der Waals surface area contributed by atoms with Crippen molar-refractivity contribution in [1.82, 2.24) is 9.55 Å². The van der Waals surface area contributed by atoms with E-state index in [1.807, 2.05) is 11.5 Å². The molecule has 0 bridgehead atoms. The number of halogens is 1. The van der Waals surface area contributed by atoms with E-state index in [4.69, 9.17) is 4.74 Å². The number of sulfone groups is 1. The van der Waals surface area contributed by atoms with E-state index in [0.29, 0.717) is 30.1 Å². The maximum Gasteiger partial charge on any atom is 0.175 e. The second-order valence-corrected chi connectivity index (χ2v) is 8.00. The van der Waals surface area contributed by atoms with Crippen LogP contribution in [0.15, 0.2) is 41.3 Å². The van der Waals surface area contributed by atoms with E-state index in [2.05, 4.69) is 4.98 Å². The molecule has 0 aliphatic carbocycles. The zero-order valence-electron chi connectivity index (χ0n) is 14.3. The van der Waals surface area contributed by atoms with Gasteiger partial charge in [-0.1, -0.05) is 11.6 Å². The molecule has 0 N–H and O–H groups in total. The average molecular weight is 362 g/mol. The normalized spacial score (nSPS) is 12.0. The van der Waals surface area contributed by atoms with Crippen molar-refractivity contribution in [3.63, 3.8) is 0 Å². The fourth-order valence-electron chi connectivity index (χ4n) is 2.77. The summed E-state index contributed by atoms with van der Waals surface area (Å²) < 4.78 is 45.0. The van der Waals surface area contributed by atoms with Crippen molar-refractivity contribution >= 4 is 20.9 Å². The molecule has 0 unspecified atom stereocenters. The number of hydrogen-bond acceptors (Lipinski definition) is 4. The molecule has 1 aromatic heterocycles. The molecule has 1 heterocycles. The fraction of sp³-hybridized carbons (Fsp3) is 0.278. The van der Waals surface area contributed by atoms with E-state index in [9.17, 15) is 12.8 Å². The summed E-state index contributed by atoms with van der Waals surface area (Å²) in [5.41, 5.74) is 2.54. The van der Waals surface area contributed by atoms with Crippen LogP contribution in [-0.2, 0) is 21.1 Å². The number of hydrogen-bond donors (Lipinski definition) is 0. The molecule has 0 amide bonds. The maximum atomic E-state index is 14.4. The fourth-order valence-corrected chi connectivity index (χ4v) is 3.41. The number of rotatable bonds is 5. The Morgan fingerprint density at radius 3 is 2.64 bits per heavy atom. The Balaban J connectivity index is 2.27. The minimum Gasteiger partial charge on any atom is -0.383 e. The van der Waals surface area contributed by atoms with E-state index in [-0.39, 0.29) is 10.7 Å². The first-order valence-corrected chi connectivity index (χ1v) is 9.66. The van der Waals surface area contributed by atoms with Gasteiger partial charge in [0.2, 0.25) is 0 Å². The zero-order chi connectivity index (χ0) is 18.2. The van der Waals surface area contributed by atoms with Crippen molar-refractivity contribution in [3.05, 3.63) is 47.8 Å². The number of ether oxygens (including phenoxy) is 1. The third-order valence-corrected chi connectivity index (χ3v) is 5.14. The smallest absolute Gasteiger partial charge is 0.175 e. The van der Waals surface area contributed by atoms with E-state index < -0.39 is 9.84 Å². The predicted octanol–water partition coefficient (Wildman–Crippen LogP) is 3.20. The SMILES string of the molecule is COCCn1c(-c2cc(C)ccc2F)nc2cc(S(C)(=O)=O)ccc21. The predicted molar refractivity (Wildman–Crippen MR) is 94.8 cm³/mol. The third-order valence-electron chi connectivity index (χ3n) is 4.03. The molecule has 0 atom stereocenters. The van der Waals surface area contributed by atoms with Gasteiger partial charge in [0.1, 0.15) is 11.6 Å². The van der Waals surface area contributed by atoms with Gasteiger partial charge < -0.3 is 9.30 Å². The summed E-state index contributed by atoms with van der Waals surface area (Å²) in [4.78, 5) is 4.70. The lowest BCUT2D eigenvalue weighted by molar-refractivity contribution is 0.188. The van der Waals surface area contributed by atoms with E-state index in [0.717, 1.165) is 17.3 Å². The molecule has 0 radical (unpaired) electrons. The first-order valence-electron chi connectivity index (χ1n) is 7.77. The lowest BCUT2D eigenvalue weighted by Gasteiger charge is -2.10. The first-order chi connectivity index (χ1) is 11.8. The number of aromatic nitrogens is 2. The lowest BCUT2D eigenvalue weighted by Crippen LogP contribution is -2.07. The first kappa shape index (κ1) is 17.6. The van der Waals surface area contributed by atoms with Gasteiger partial charge in [0.15, 0.2) is 9.84 Å². The van der Waals surface area contributed by atoms with Gasteiger partial charge in [-0.25, -0.2) is 17.8 Å². The monoisotopic (exact) mass is 362 g/mol. The molecular weight excluding hydrogens is 343 g/mol. The van der Waals surface area contributed by atoms with Crippen molar-refractivity contribution in [3.8, 4) is 11.4 Å². The largest absolute Gasteiger partial charge is 0.383 e. The number of nitrogens with zero attached hydrogens (tertiary/aromatic N) is 2. The molecule has 0 saturated carbocycles. The van der Waals surface area contributed by atoms with Gasteiger partial charge in [-0.05, 0) is 37.3 Å². The van der Waals surface area contributed by atoms with Crippen molar-refractivity contribution in [2.45, 2.75) is 18.4 Å². The molecule has 3 rings (SSSR count). The summed E-state index contributed by atoms with van der Waals surface area (Å²) in [5.74, 6) is 0.0850. The van der Waals surface area contributed by atoms with Gasteiger partial charge in [0.25, 0.3) is 0 Å². The summed E-state index contributed by atoms with van der Waals surface area (Å²) in [6, 6.07) is 9.60. The molecule has 0 aliphatic heterocycles. The molecule has 132 valence electrons. The zero-order valence-corrected chi connectivity index (χ0v) is 15.1. The van der Waals surface area contributed by atoms with Gasteiger partial charge in [-0.2, -0.15) is 0 Å². The second-order valence-electron chi connectivity index (χ2n) is 5.99. The third kappa shape index (κ3) is 3.43. The van der Waals surface area contributed by atoms with Crippen molar-refractivity contribution in [1.29, 1.82) is 0 Å². The van der Waals surface area contributed by atoms with Crippen molar-refractivity contribution in [2.75, 3.05) is 20.0 Å². The number of fused-ring (bicyclic) bond motifs is 1. The minimum atomic E-state index is -3.34. The summed E-state index contributed by atoms with van der Waals surface area (Å²) in [5, 5.41) is 0. The highest BCUT2D eigenvalue weighted by Crippen LogP contribution is 2.29. The van der Waals surface area contributed by atoms with Crippen LogP contribution >= 0.6 is 0 Å². The van der Waals surface area contributed by atoms with E-state index >= 15 is 0 Å². The minimum absolute atomic E-state index is 0.188. The van der Waals surface area contributed by atoms with Gasteiger partial charge in [-0.15, -0.1) is 0 Å². The van der Waals surface area contributed by atoms with Crippen LogP contribution in [0, 0.1) is 12.7 Å².